The second-order valence-corrected chi connectivity index (χ2v) is 8.57. The molecular formula is C25H30N6O2S. The molecule has 0 aliphatic carbocycles. The third kappa shape index (κ3) is 6.06. The third-order valence-corrected chi connectivity index (χ3v) is 6.20. The Morgan fingerprint density at radius 2 is 2.03 bits per heavy atom. The van der Waals surface area contributed by atoms with Crippen molar-refractivity contribution in [3.05, 3.63) is 52.9 Å². The van der Waals surface area contributed by atoms with Crippen LogP contribution in [0.25, 0.3) is 27.7 Å². The summed E-state index contributed by atoms with van der Waals surface area (Å²) in [6.07, 6.45) is 7.07. The van der Waals surface area contributed by atoms with E-state index in [1.807, 2.05) is 32.0 Å². The Kier molecular flexibility index (Phi) is 8.89. The van der Waals surface area contributed by atoms with E-state index < -0.39 is 5.91 Å². The molecule has 1 saturated heterocycles. The fraction of sp³-hybridized carbons (Fsp3) is 0.280. The van der Waals surface area contributed by atoms with E-state index in [9.17, 15) is 4.79 Å². The first-order valence-corrected chi connectivity index (χ1v) is 11.8. The molecule has 3 heterocycles. The minimum atomic E-state index is -0.391. The van der Waals surface area contributed by atoms with Crippen LogP contribution in [0.4, 0.5) is 11.5 Å². The number of aromatic nitrogens is 2. The highest BCUT2D eigenvalue weighted by atomic mass is 32.1. The number of ether oxygens (including phenoxy) is 1. The molecule has 9 heteroatoms. The molecule has 2 aromatic heterocycles. The average Bonchev–Trinajstić information content (AvgIpc) is 3.23. The standard InChI is InChI=1S/C21H23N5OS.C4H7NO/c1-4-6-15-13-18-19(28-15)21(26-9-11-27-12-10-26)24-20(23-18)16-7-5-8-17(14(16)2)25-22-3;1-2-3-4(5)6/h4-8,13,25H,3,9-12H2,1-2H3;2-3H,1H3,(H2,5,6)/b6-4+;3-2+. The molecular weight excluding hydrogens is 448 g/mol. The van der Waals surface area contributed by atoms with Crippen LogP contribution < -0.4 is 16.1 Å². The second-order valence-electron chi connectivity index (χ2n) is 7.48. The number of carbonyl (C=O) groups is 1. The molecule has 1 fully saturated rings. The van der Waals surface area contributed by atoms with Crippen LogP contribution in [-0.4, -0.2) is 48.9 Å². The van der Waals surface area contributed by atoms with Crippen LogP contribution in [-0.2, 0) is 9.53 Å². The number of hydrogen-bond donors (Lipinski definition) is 2. The molecule has 1 aromatic carbocycles. The minimum absolute atomic E-state index is 0.391. The van der Waals surface area contributed by atoms with Crippen LogP contribution in [0.1, 0.15) is 24.3 Å². The maximum atomic E-state index is 9.73. The van der Waals surface area contributed by atoms with E-state index in [0.717, 1.165) is 65.0 Å². The lowest BCUT2D eigenvalue weighted by Gasteiger charge is -2.28. The molecule has 178 valence electrons. The van der Waals surface area contributed by atoms with Gasteiger partial charge in [0.25, 0.3) is 0 Å². The zero-order valence-electron chi connectivity index (χ0n) is 19.7. The molecule has 1 amide bonds. The molecule has 1 aliphatic rings. The maximum Gasteiger partial charge on any atom is 0.241 e. The van der Waals surface area contributed by atoms with E-state index >= 15 is 0 Å². The Hall–Kier alpha value is -3.56. The van der Waals surface area contributed by atoms with E-state index in [0.29, 0.717) is 0 Å². The van der Waals surface area contributed by atoms with Gasteiger partial charge in [0.05, 0.1) is 29.1 Å². The number of morpholine rings is 1. The molecule has 0 radical (unpaired) electrons. The smallest absolute Gasteiger partial charge is 0.241 e. The largest absolute Gasteiger partial charge is 0.378 e. The first kappa shape index (κ1) is 25.1. The molecule has 0 saturated carbocycles. The molecule has 0 spiro atoms. The summed E-state index contributed by atoms with van der Waals surface area (Å²) in [5, 5.41) is 3.80. The number of amides is 1. The number of thiophene rings is 1. The van der Waals surface area contributed by atoms with Crippen LogP contribution in [0.5, 0.6) is 0 Å². The predicted molar refractivity (Wildman–Crippen MR) is 143 cm³/mol. The molecule has 1 aliphatic heterocycles. The Morgan fingerprint density at radius 1 is 1.26 bits per heavy atom. The number of rotatable bonds is 6. The molecule has 0 unspecified atom stereocenters. The number of anilines is 2. The minimum Gasteiger partial charge on any atom is -0.378 e. The highest BCUT2D eigenvalue weighted by molar-refractivity contribution is 7.20. The van der Waals surface area contributed by atoms with Crippen LogP contribution >= 0.6 is 11.3 Å². The molecule has 0 bridgehead atoms. The number of fused-ring (bicyclic) bond motifs is 1. The van der Waals surface area contributed by atoms with E-state index in [2.05, 4.69) is 46.1 Å². The van der Waals surface area contributed by atoms with Gasteiger partial charge in [0.15, 0.2) is 11.6 Å². The number of allylic oxidation sites excluding steroid dienone is 2. The van der Waals surface area contributed by atoms with Crippen molar-refractivity contribution >= 4 is 51.8 Å². The van der Waals surface area contributed by atoms with Crippen molar-refractivity contribution in [2.75, 3.05) is 36.6 Å². The monoisotopic (exact) mass is 478 g/mol. The van der Waals surface area contributed by atoms with Crippen LogP contribution in [0.3, 0.4) is 0 Å². The molecule has 8 nitrogen and oxygen atoms in total. The lowest BCUT2D eigenvalue weighted by Crippen LogP contribution is -2.36. The lowest BCUT2D eigenvalue weighted by molar-refractivity contribution is -0.113. The van der Waals surface area contributed by atoms with Gasteiger partial charge >= 0.3 is 0 Å². The van der Waals surface area contributed by atoms with Gasteiger partial charge < -0.3 is 15.4 Å². The van der Waals surface area contributed by atoms with Crippen molar-refractivity contribution in [2.45, 2.75) is 20.8 Å². The summed E-state index contributed by atoms with van der Waals surface area (Å²) in [5.74, 6) is 1.32. The van der Waals surface area contributed by atoms with Gasteiger partial charge in [-0.2, -0.15) is 5.10 Å². The van der Waals surface area contributed by atoms with Crippen LogP contribution in [0.2, 0.25) is 0 Å². The quantitative estimate of drug-likeness (QED) is 0.304. The van der Waals surface area contributed by atoms with Gasteiger partial charge in [-0.25, -0.2) is 9.97 Å². The van der Waals surface area contributed by atoms with Gasteiger partial charge in [0.1, 0.15) is 0 Å². The molecule has 3 N–H and O–H groups in total. The zero-order valence-corrected chi connectivity index (χ0v) is 20.6. The number of primary amides is 1. The number of hydrazone groups is 1. The number of hydrogen-bond acceptors (Lipinski definition) is 8. The van der Waals surface area contributed by atoms with Gasteiger partial charge in [-0.3, -0.25) is 10.2 Å². The molecule has 0 atom stereocenters. The summed E-state index contributed by atoms with van der Waals surface area (Å²) in [4.78, 5) is 23.1. The Balaban J connectivity index is 0.000000481. The highest BCUT2D eigenvalue weighted by Gasteiger charge is 2.20. The number of nitrogens with two attached hydrogens (primary N) is 1. The number of nitrogens with one attached hydrogen (secondary N) is 1. The van der Waals surface area contributed by atoms with Crippen molar-refractivity contribution < 1.29 is 9.53 Å². The Labute approximate surface area is 203 Å². The maximum absolute atomic E-state index is 9.73. The summed E-state index contributed by atoms with van der Waals surface area (Å²) in [6.45, 7) is 12.4. The number of carbonyl (C=O) groups excluding carboxylic acids is 1. The summed E-state index contributed by atoms with van der Waals surface area (Å²) in [5.41, 5.74) is 11.5. The fourth-order valence-electron chi connectivity index (χ4n) is 3.54. The number of nitrogens with zero attached hydrogens (tertiary/aromatic N) is 4. The summed E-state index contributed by atoms with van der Waals surface area (Å²) in [7, 11) is 0. The van der Waals surface area contributed by atoms with Crippen molar-refractivity contribution in [3.8, 4) is 11.4 Å². The van der Waals surface area contributed by atoms with E-state index in [4.69, 9.17) is 14.7 Å². The Bertz CT molecular complexity index is 1210. The van der Waals surface area contributed by atoms with Gasteiger partial charge in [-0.05, 0) is 50.6 Å². The van der Waals surface area contributed by atoms with Gasteiger partial charge in [0, 0.05) is 30.2 Å². The first-order valence-electron chi connectivity index (χ1n) is 11.0. The number of benzene rings is 1. The third-order valence-electron chi connectivity index (χ3n) is 5.12. The van der Waals surface area contributed by atoms with E-state index in [-0.39, 0.29) is 0 Å². The van der Waals surface area contributed by atoms with Crippen molar-refractivity contribution in [3.63, 3.8) is 0 Å². The van der Waals surface area contributed by atoms with Crippen LogP contribution in [0, 0.1) is 6.92 Å². The lowest BCUT2D eigenvalue weighted by atomic mass is 10.1. The molecule has 34 heavy (non-hydrogen) atoms. The van der Waals surface area contributed by atoms with Crippen LogP contribution in [0.15, 0.2) is 47.6 Å². The average molecular weight is 479 g/mol. The fourth-order valence-corrected chi connectivity index (χ4v) is 4.62. The van der Waals surface area contributed by atoms with Crippen molar-refractivity contribution in [1.29, 1.82) is 0 Å². The topological polar surface area (TPSA) is 106 Å². The highest BCUT2D eigenvalue weighted by Crippen LogP contribution is 2.36. The van der Waals surface area contributed by atoms with Crippen molar-refractivity contribution in [2.24, 2.45) is 10.8 Å². The predicted octanol–water partition coefficient (Wildman–Crippen LogP) is 4.61. The second kappa shape index (κ2) is 12.1. The Morgan fingerprint density at radius 3 is 2.65 bits per heavy atom. The first-order chi connectivity index (χ1) is 16.5. The van der Waals surface area contributed by atoms with Gasteiger partial charge in [-0.1, -0.05) is 24.3 Å². The van der Waals surface area contributed by atoms with E-state index in [1.54, 1.807) is 24.3 Å². The molecule has 3 aromatic rings. The van der Waals surface area contributed by atoms with Gasteiger partial charge in [-0.15, -0.1) is 11.3 Å². The molecule has 4 rings (SSSR count). The van der Waals surface area contributed by atoms with Crippen molar-refractivity contribution in [1.82, 2.24) is 9.97 Å². The SMILES string of the molecule is C/C=C/C(N)=O.C=NNc1cccc(-c2nc(N3CCOCC3)c3sc(/C=C/C)cc3n2)c1C. The normalized spacial score (nSPS) is 13.8. The summed E-state index contributed by atoms with van der Waals surface area (Å²) < 4.78 is 6.66. The summed E-state index contributed by atoms with van der Waals surface area (Å²) in [6, 6.07) is 8.14. The zero-order chi connectivity index (χ0) is 24.5. The van der Waals surface area contributed by atoms with Gasteiger partial charge in [0.2, 0.25) is 5.91 Å². The van der Waals surface area contributed by atoms with E-state index in [1.165, 1.54) is 11.0 Å². The summed E-state index contributed by atoms with van der Waals surface area (Å²) >= 11 is 1.73.